The fourth-order valence-corrected chi connectivity index (χ4v) is 3.88. The van der Waals surface area contributed by atoms with Gasteiger partial charge in [-0.1, -0.05) is 47.9 Å². The quantitative estimate of drug-likeness (QED) is 0.539. The van der Waals surface area contributed by atoms with Crippen molar-refractivity contribution < 1.29 is 14.1 Å². The largest absolute Gasteiger partial charge is 0.383 e. The Hall–Kier alpha value is -3.16. The molecule has 2 aromatic carbocycles. The standard InChI is InChI=1S/C24H25ClN4O3/c1-4-16-5-7-17(8-6-16)21-20(15(2)29(13-14-31-3)24(30)26-21)23-27-22(28-32-23)18-9-11-19(25)12-10-18/h5-12,21H,4,13-14H2,1-3H3,(H,26,30). The molecule has 0 saturated carbocycles. The van der Waals surface area contributed by atoms with E-state index in [9.17, 15) is 4.79 Å². The lowest BCUT2D eigenvalue weighted by atomic mass is 9.93. The molecule has 1 unspecified atom stereocenters. The summed E-state index contributed by atoms with van der Waals surface area (Å²) in [4.78, 5) is 19.2. The van der Waals surface area contributed by atoms with Gasteiger partial charge in [0.25, 0.3) is 5.89 Å². The Balaban J connectivity index is 1.77. The molecule has 4 rings (SSSR count). The lowest BCUT2D eigenvalue weighted by Gasteiger charge is -2.35. The summed E-state index contributed by atoms with van der Waals surface area (Å²) in [6, 6.07) is 14.8. The second-order valence-corrected chi connectivity index (χ2v) is 7.99. The molecule has 2 amide bonds. The van der Waals surface area contributed by atoms with Gasteiger partial charge in [-0.05, 0) is 48.7 Å². The van der Waals surface area contributed by atoms with Crippen LogP contribution in [0.15, 0.2) is 58.8 Å². The van der Waals surface area contributed by atoms with Gasteiger partial charge in [0.1, 0.15) is 0 Å². The van der Waals surface area contributed by atoms with Gasteiger partial charge < -0.3 is 14.6 Å². The number of rotatable bonds is 7. The molecule has 0 radical (unpaired) electrons. The van der Waals surface area contributed by atoms with Gasteiger partial charge in [-0.15, -0.1) is 0 Å². The summed E-state index contributed by atoms with van der Waals surface area (Å²) < 4.78 is 10.9. The highest BCUT2D eigenvalue weighted by Crippen LogP contribution is 2.37. The van der Waals surface area contributed by atoms with Crippen molar-refractivity contribution in [1.82, 2.24) is 20.4 Å². The first-order valence-corrected chi connectivity index (χ1v) is 10.9. The number of hydrogen-bond acceptors (Lipinski definition) is 5. The maximum absolute atomic E-state index is 12.9. The third-order valence-electron chi connectivity index (χ3n) is 5.60. The molecule has 1 aliphatic rings. The Labute approximate surface area is 192 Å². The molecule has 1 N–H and O–H groups in total. The lowest BCUT2D eigenvalue weighted by molar-refractivity contribution is 0.158. The first-order valence-electron chi connectivity index (χ1n) is 10.5. The number of halogens is 1. The first-order chi connectivity index (χ1) is 15.5. The molecular weight excluding hydrogens is 428 g/mol. The predicted molar refractivity (Wildman–Crippen MR) is 123 cm³/mol. The number of nitrogens with zero attached hydrogens (tertiary/aromatic N) is 3. The summed E-state index contributed by atoms with van der Waals surface area (Å²) in [6.07, 6.45) is 0.942. The summed E-state index contributed by atoms with van der Waals surface area (Å²) in [5, 5.41) is 7.90. The van der Waals surface area contributed by atoms with Crippen LogP contribution in [0.4, 0.5) is 4.79 Å². The molecule has 0 spiro atoms. The molecule has 0 fully saturated rings. The molecule has 8 heteroatoms. The minimum absolute atomic E-state index is 0.190. The van der Waals surface area contributed by atoms with Crippen molar-refractivity contribution in [3.05, 3.63) is 76.3 Å². The molecule has 3 aromatic rings. The van der Waals surface area contributed by atoms with Crippen molar-refractivity contribution in [2.45, 2.75) is 26.3 Å². The topological polar surface area (TPSA) is 80.5 Å². The fourth-order valence-electron chi connectivity index (χ4n) is 3.76. The van der Waals surface area contributed by atoms with Crippen LogP contribution < -0.4 is 5.32 Å². The van der Waals surface area contributed by atoms with Gasteiger partial charge in [0.2, 0.25) is 5.82 Å². The Morgan fingerprint density at radius 2 is 1.88 bits per heavy atom. The van der Waals surface area contributed by atoms with Crippen molar-refractivity contribution >= 4 is 23.2 Å². The molecule has 7 nitrogen and oxygen atoms in total. The molecular formula is C24H25ClN4O3. The number of urea groups is 1. The zero-order chi connectivity index (χ0) is 22.7. The van der Waals surface area contributed by atoms with E-state index in [-0.39, 0.29) is 6.03 Å². The van der Waals surface area contributed by atoms with Crippen LogP contribution in [0.3, 0.4) is 0 Å². The minimum Gasteiger partial charge on any atom is -0.383 e. The van der Waals surface area contributed by atoms with Gasteiger partial charge in [0.15, 0.2) is 0 Å². The van der Waals surface area contributed by atoms with Gasteiger partial charge in [-0.25, -0.2) is 4.79 Å². The third kappa shape index (κ3) is 4.40. The number of carbonyl (C=O) groups excluding carboxylic acids is 1. The zero-order valence-electron chi connectivity index (χ0n) is 18.3. The van der Waals surface area contributed by atoms with Gasteiger partial charge >= 0.3 is 6.03 Å². The van der Waals surface area contributed by atoms with Crippen molar-refractivity contribution in [3.8, 4) is 11.4 Å². The van der Waals surface area contributed by atoms with Gasteiger partial charge in [-0.2, -0.15) is 4.98 Å². The number of amides is 2. The maximum atomic E-state index is 12.9. The second-order valence-electron chi connectivity index (χ2n) is 7.55. The van der Waals surface area contributed by atoms with E-state index >= 15 is 0 Å². The van der Waals surface area contributed by atoms with E-state index in [0.29, 0.717) is 29.9 Å². The molecule has 0 aliphatic carbocycles. The number of aromatic nitrogens is 2. The Kier molecular flexibility index (Phi) is 6.58. The van der Waals surface area contributed by atoms with E-state index in [0.717, 1.165) is 28.8 Å². The number of allylic oxidation sites excluding steroid dienone is 1. The lowest BCUT2D eigenvalue weighted by Crippen LogP contribution is -2.47. The monoisotopic (exact) mass is 452 g/mol. The fraction of sp³-hybridized carbons (Fsp3) is 0.292. The van der Waals surface area contributed by atoms with Crippen LogP contribution in [0.2, 0.25) is 5.02 Å². The summed E-state index contributed by atoms with van der Waals surface area (Å²) in [6.45, 7) is 4.83. The number of benzene rings is 2. The van der Waals surface area contributed by atoms with Crippen LogP contribution in [0.5, 0.6) is 0 Å². The normalized spacial score (nSPS) is 16.4. The Morgan fingerprint density at radius 3 is 2.53 bits per heavy atom. The van der Waals surface area contributed by atoms with E-state index < -0.39 is 6.04 Å². The maximum Gasteiger partial charge on any atom is 0.322 e. The summed E-state index contributed by atoms with van der Waals surface area (Å²) in [7, 11) is 1.61. The summed E-state index contributed by atoms with van der Waals surface area (Å²) in [5.41, 5.74) is 4.48. The molecule has 1 aromatic heterocycles. The van der Waals surface area contributed by atoms with E-state index in [2.05, 4.69) is 34.5 Å². The number of nitrogens with one attached hydrogen (secondary N) is 1. The Bertz CT molecular complexity index is 1120. The highest BCUT2D eigenvalue weighted by atomic mass is 35.5. The molecule has 166 valence electrons. The van der Waals surface area contributed by atoms with Crippen molar-refractivity contribution in [2.24, 2.45) is 0 Å². The number of aryl methyl sites for hydroxylation is 1. The van der Waals surface area contributed by atoms with Gasteiger partial charge in [-0.3, -0.25) is 4.90 Å². The van der Waals surface area contributed by atoms with Crippen LogP contribution >= 0.6 is 11.6 Å². The van der Waals surface area contributed by atoms with E-state index in [4.69, 9.17) is 20.9 Å². The number of methoxy groups -OCH3 is 1. The third-order valence-corrected chi connectivity index (χ3v) is 5.85. The average molecular weight is 453 g/mol. The molecule has 2 heterocycles. The van der Waals surface area contributed by atoms with Crippen molar-refractivity contribution in [3.63, 3.8) is 0 Å². The zero-order valence-corrected chi connectivity index (χ0v) is 19.0. The van der Waals surface area contributed by atoms with E-state index in [1.807, 2.05) is 31.2 Å². The number of carbonyl (C=O) groups is 1. The smallest absolute Gasteiger partial charge is 0.322 e. The van der Waals surface area contributed by atoms with E-state index in [1.165, 1.54) is 5.56 Å². The minimum atomic E-state index is -0.411. The van der Waals surface area contributed by atoms with Gasteiger partial charge in [0, 0.05) is 23.4 Å². The number of hydrogen-bond donors (Lipinski definition) is 1. The van der Waals surface area contributed by atoms with Crippen molar-refractivity contribution in [2.75, 3.05) is 20.3 Å². The van der Waals surface area contributed by atoms with E-state index in [1.54, 1.807) is 24.1 Å². The highest BCUT2D eigenvalue weighted by Gasteiger charge is 2.35. The van der Waals surface area contributed by atoms with Crippen LogP contribution in [0.1, 0.15) is 36.9 Å². The van der Waals surface area contributed by atoms with Gasteiger partial charge in [0.05, 0.1) is 24.8 Å². The SMILES string of the molecule is CCc1ccc(C2NC(=O)N(CCOC)C(C)=C2c2nc(-c3ccc(Cl)cc3)no2)cc1. The van der Waals surface area contributed by atoms with Crippen LogP contribution in [-0.4, -0.2) is 41.3 Å². The van der Waals surface area contributed by atoms with Crippen molar-refractivity contribution in [1.29, 1.82) is 0 Å². The molecule has 0 bridgehead atoms. The van der Waals surface area contributed by atoms with Crippen LogP contribution in [0, 0.1) is 0 Å². The van der Waals surface area contributed by atoms with Crippen LogP contribution in [0.25, 0.3) is 17.0 Å². The summed E-state index contributed by atoms with van der Waals surface area (Å²) in [5.74, 6) is 0.817. The highest BCUT2D eigenvalue weighted by molar-refractivity contribution is 6.30. The molecule has 1 atom stereocenters. The predicted octanol–water partition coefficient (Wildman–Crippen LogP) is 5.10. The number of ether oxygens (including phenoxy) is 1. The second kappa shape index (κ2) is 9.54. The molecule has 32 heavy (non-hydrogen) atoms. The van der Waals surface area contributed by atoms with Crippen LogP contribution in [-0.2, 0) is 11.2 Å². The molecule has 1 aliphatic heterocycles. The average Bonchev–Trinajstić information content (AvgIpc) is 3.29. The Morgan fingerprint density at radius 1 is 1.16 bits per heavy atom. The first kappa shape index (κ1) is 22.0. The summed E-state index contributed by atoms with van der Waals surface area (Å²) >= 11 is 6.00. The molecule has 0 saturated heterocycles.